The lowest BCUT2D eigenvalue weighted by Gasteiger charge is -2.10. The molecule has 0 saturated carbocycles. The van der Waals surface area contributed by atoms with E-state index in [0.717, 1.165) is 19.0 Å². The summed E-state index contributed by atoms with van der Waals surface area (Å²) in [6.07, 6.45) is 1.62. The van der Waals surface area contributed by atoms with Crippen LogP contribution in [-0.4, -0.2) is 69.9 Å². The minimum Gasteiger partial charge on any atom is -0.432 e. The first-order valence-corrected chi connectivity index (χ1v) is 7.48. The van der Waals surface area contributed by atoms with Crippen molar-refractivity contribution in [3.05, 3.63) is 0 Å². The number of hydrogen-bond donors (Lipinski definition) is 1. The first kappa shape index (κ1) is 20.5. The Morgan fingerprint density at radius 2 is 1.63 bits per heavy atom. The van der Waals surface area contributed by atoms with Crippen molar-refractivity contribution >= 4 is 16.4 Å². The highest BCUT2D eigenvalue weighted by atomic mass is 32.3. The van der Waals surface area contributed by atoms with Gasteiger partial charge in [0, 0.05) is 0 Å². The lowest BCUT2D eigenvalue weighted by Crippen LogP contribution is -2.32. The van der Waals surface area contributed by atoms with Gasteiger partial charge in [-0.15, -0.1) is 0 Å². The Hall–Kier alpha value is -0.860. The third-order valence-corrected chi connectivity index (χ3v) is 2.10. The summed E-state index contributed by atoms with van der Waals surface area (Å²) >= 11 is 0. The summed E-state index contributed by atoms with van der Waals surface area (Å²) in [6.45, 7) is 4.67. The number of ether oxygens (including phenoxy) is 1. The van der Waals surface area contributed by atoms with Crippen LogP contribution in [0.4, 0.5) is 0 Å². The number of rotatable bonds is 5. The second kappa shape index (κ2) is 11.0. The Kier molecular flexibility index (Phi) is 11.9. The monoisotopic (exact) mass is 299 g/mol. The first-order chi connectivity index (χ1) is 8.65. The van der Waals surface area contributed by atoms with Crippen LogP contribution in [0.5, 0.6) is 0 Å². The summed E-state index contributed by atoms with van der Waals surface area (Å²) in [4.78, 5) is 1.97. The molecule has 8 heteroatoms. The van der Waals surface area contributed by atoms with Gasteiger partial charge in [-0.2, -0.15) is 8.42 Å². The van der Waals surface area contributed by atoms with Gasteiger partial charge in [0.1, 0.15) is 0 Å². The minimum atomic E-state index is -4.19. The van der Waals surface area contributed by atoms with Crippen LogP contribution >= 0.6 is 0 Å². The predicted molar refractivity (Wildman–Crippen MR) is 74.8 cm³/mol. The van der Waals surface area contributed by atoms with Crippen molar-refractivity contribution in [2.45, 2.75) is 26.7 Å². The molecule has 0 saturated heterocycles. The van der Waals surface area contributed by atoms with Crippen molar-refractivity contribution in [1.82, 2.24) is 4.90 Å². The van der Waals surface area contributed by atoms with Crippen molar-refractivity contribution < 1.29 is 26.5 Å². The third kappa shape index (κ3) is 15.1. The Labute approximate surface area is 116 Å². The standard InChI is InChI=1S/C8H19N2O.C3H8O4S/c1-6-7-11-8(9(2)3)10(4)5;1-2-3-7-8(4,5)6/h6-7H2,1-5H3;2-3H2,1H3,(H,4,5,6)/q+1;. The zero-order valence-electron chi connectivity index (χ0n) is 12.7. The van der Waals surface area contributed by atoms with Gasteiger partial charge in [0.25, 0.3) is 0 Å². The zero-order chi connectivity index (χ0) is 15.5. The summed E-state index contributed by atoms with van der Waals surface area (Å²) in [7, 11) is 3.72. The predicted octanol–water partition coefficient (Wildman–Crippen LogP) is 0.819. The first-order valence-electron chi connectivity index (χ1n) is 6.11. The molecule has 0 aromatic heterocycles. The Balaban J connectivity index is 0. The molecule has 116 valence electrons. The summed E-state index contributed by atoms with van der Waals surface area (Å²) in [5, 5.41) is 0. The second-order valence-electron chi connectivity index (χ2n) is 4.17. The molecule has 19 heavy (non-hydrogen) atoms. The van der Waals surface area contributed by atoms with Crippen LogP contribution < -0.4 is 0 Å². The maximum absolute atomic E-state index is 9.72. The summed E-state index contributed by atoms with van der Waals surface area (Å²) < 4.78 is 38.7. The highest BCUT2D eigenvalue weighted by Crippen LogP contribution is 1.87. The minimum absolute atomic E-state index is 0.0405. The van der Waals surface area contributed by atoms with Gasteiger partial charge in [-0.1, -0.05) is 13.8 Å². The van der Waals surface area contributed by atoms with Crippen molar-refractivity contribution in [2.24, 2.45) is 0 Å². The van der Waals surface area contributed by atoms with E-state index in [-0.39, 0.29) is 6.61 Å². The highest BCUT2D eigenvalue weighted by molar-refractivity contribution is 7.80. The maximum Gasteiger partial charge on any atom is 0.445 e. The van der Waals surface area contributed by atoms with E-state index in [9.17, 15) is 8.42 Å². The van der Waals surface area contributed by atoms with Gasteiger partial charge in [0.15, 0.2) is 0 Å². The fourth-order valence-corrected chi connectivity index (χ4v) is 1.42. The Morgan fingerprint density at radius 3 is 1.84 bits per heavy atom. The topological polar surface area (TPSA) is 79.1 Å². The van der Waals surface area contributed by atoms with Crippen LogP contribution in [0.3, 0.4) is 0 Å². The molecular weight excluding hydrogens is 272 g/mol. The lowest BCUT2D eigenvalue weighted by molar-refractivity contribution is -0.480. The maximum atomic E-state index is 9.72. The molecule has 0 fully saturated rings. The summed E-state index contributed by atoms with van der Waals surface area (Å²) in [6, 6.07) is 0.909. The van der Waals surface area contributed by atoms with E-state index in [1.807, 2.05) is 37.7 Å². The van der Waals surface area contributed by atoms with E-state index in [1.165, 1.54) is 0 Å². The number of amidine groups is 1. The summed E-state index contributed by atoms with van der Waals surface area (Å²) in [5.41, 5.74) is 0. The van der Waals surface area contributed by atoms with Gasteiger partial charge in [-0.3, -0.25) is 4.55 Å². The molecule has 0 unspecified atom stereocenters. The normalized spacial score (nSPS) is 10.3. The van der Waals surface area contributed by atoms with Crippen molar-refractivity contribution in [3.8, 4) is 0 Å². The highest BCUT2D eigenvalue weighted by Gasteiger charge is 2.11. The van der Waals surface area contributed by atoms with Crippen molar-refractivity contribution in [3.63, 3.8) is 0 Å². The average molecular weight is 299 g/mol. The molecule has 0 amide bonds. The van der Waals surface area contributed by atoms with E-state index < -0.39 is 10.4 Å². The van der Waals surface area contributed by atoms with Gasteiger partial charge in [0.05, 0.1) is 41.4 Å². The van der Waals surface area contributed by atoms with E-state index in [1.54, 1.807) is 6.92 Å². The molecular formula is C11H27N2O5S+. The molecule has 7 nitrogen and oxygen atoms in total. The molecule has 0 aliphatic heterocycles. The van der Waals surface area contributed by atoms with Gasteiger partial charge < -0.3 is 4.74 Å². The van der Waals surface area contributed by atoms with Crippen LogP contribution in [0.25, 0.3) is 0 Å². The number of nitrogens with zero attached hydrogens (tertiary/aromatic N) is 2. The molecule has 0 aromatic rings. The molecule has 1 N–H and O–H groups in total. The van der Waals surface area contributed by atoms with Gasteiger partial charge in [0.2, 0.25) is 0 Å². The third-order valence-electron chi connectivity index (χ3n) is 1.64. The van der Waals surface area contributed by atoms with Crippen LogP contribution in [0.1, 0.15) is 26.7 Å². The van der Waals surface area contributed by atoms with E-state index in [2.05, 4.69) is 11.1 Å². The fraction of sp³-hybridized carbons (Fsp3) is 0.909. The second-order valence-corrected chi connectivity index (χ2v) is 5.26. The molecule has 0 aromatic carbocycles. The van der Waals surface area contributed by atoms with Crippen molar-refractivity contribution in [1.29, 1.82) is 0 Å². The van der Waals surface area contributed by atoms with Crippen LogP contribution in [0, 0.1) is 0 Å². The zero-order valence-corrected chi connectivity index (χ0v) is 13.5. The van der Waals surface area contributed by atoms with E-state index in [0.29, 0.717) is 6.42 Å². The Morgan fingerprint density at radius 1 is 1.16 bits per heavy atom. The average Bonchev–Trinajstić information content (AvgIpc) is 2.26. The largest absolute Gasteiger partial charge is 0.445 e. The van der Waals surface area contributed by atoms with Gasteiger partial charge in [-0.05, 0) is 12.8 Å². The smallest absolute Gasteiger partial charge is 0.432 e. The fourth-order valence-electron chi connectivity index (χ4n) is 1.04. The molecule has 0 rings (SSSR count). The SMILES string of the molecule is CCCOC(N(C)C)=[N+](C)C.CCCOS(=O)(=O)O. The molecule has 0 bridgehead atoms. The van der Waals surface area contributed by atoms with Crippen LogP contribution in [-0.2, 0) is 19.3 Å². The lowest BCUT2D eigenvalue weighted by atomic mass is 10.5. The molecule has 0 heterocycles. The van der Waals surface area contributed by atoms with Gasteiger partial charge >= 0.3 is 16.4 Å². The molecule has 0 radical (unpaired) electrons. The molecule has 0 spiro atoms. The number of hydrogen-bond acceptors (Lipinski definition) is 4. The molecule has 0 aliphatic rings. The summed E-state index contributed by atoms with van der Waals surface area (Å²) in [5.74, 6) is 0. The molecule has 0 aliphatic carbocycles. The quantitative estimate of drug-likeness (QED) is 0.350. The molecule has 0 atom stereocenters. The van der Waals surface area contributed by atoms with Crippen molar-refractivity contribution in [2.75, 3.05) is 41.4 Å². The Bertz CT molecular complexity index is 348. The van der Waals surface area contributed by atoms with Gasteiger partial charge in [-0.25, -0.2) is 13.7 Å². The van der Waals surface area contributed by atoms with E-state index in [4.69, 9.17) is 9.29 Å². The van der Waals surface area contributed by atoms with Crippen LogP contribution in [0.2, 0.25) is 0 Å². The van der Waals surface area contributed by atoms with E-state index >= 15 is 0 Å². The van der Waals surface area contributed by atoms with Crippen LogP contribution in [0.15, 0.2) is 0 Å².